The third kappa shape index (κ3) is 5.53. The maximum atomic E-state index is 16.4. The number of aryl methyl sites for hydroxylation is 1. The zero-order valence-electron chi connectivity index (χ0n) is 23.8. The van der Waals surface area contributed by atoms with Crippen molar-refractivity contribution in [2.75, 3.05) is 33.3 Å². The first kappa shape index (κ1) is 27.7. The summed E-state index contributed by atoms with van der Waals surface area (Å²) >= 11 is 0. The highest BCUT2D eigenvalue weighted by atomic mass is 19.1. The SMILES string of the molecule is COc1ccccc1-c1cc(C2=CCCN(C(=O)CCn3ccnn3)C2)c(F)c2[nH]c(C(=O)N3CCCCCC3)cc12. The second-order valence-electron chi connectivity index (χ2n) is 10.9. The summed E-state index contributed by atoms with van der Waals surface area (Å²) in [5, 5.41) is 8.34. The predicted octanol–water partition coefficient (Wildman–Crippen LogP) is 5.30. The van der Waals surface area contributed by atoms with Crippen LogP contribution in [0.25, 0.3) is 27.6 Å². The lowest BCUT2D eigenvalue weighted by Gasteiger charge is -2.28. The van der Waals surface area contributed by atoms with E-state index in [1.807, 2.05) is 41.3 Å². The molecule has 2 amide bonds. The van der Waals surface area contributed by atoms with Crippen LogP contribution in [0.2, 0.25) is 0 Å². The Bertz CT molecular complexity index is 1620. The van der Waals surface area contributed by atoms with Gasteiger partial charge in [0.25, 0.3) is 5.91 Å². The minimum absolute atomic E-state index is 0.0206. The number of benzene rings is 2. The summed E-state index contributed by atoms with van der Waals surface area (Å²) in [6, 6.07) is 11.2. The summed E-state index contributed by atoms with van der Waals surface area (Å²) in [5.74, 6) is 0.0935. The molecule has 4 heterocycles. The molecule has 6 rings (SSSR count). The number of amides is 2. The maximum absolute atomic E-state index is 16.4. The molecule has 9 nitrogen and oxygen atoms in total. The summed E-state index contributed by atoms with van der Waals surface area (Å²) in [6.07, 6.45) is 10.4. The fourth-order valence-electron chi connectivity index (χ4n) is 6.02. The Labute approximate surface area is 243 Å². The smallest absolute Gasteiger partial charge is 0.270 e. The Balaban J connectivity index is 1.38. The normalized spacial score (nSPS) is 15.9. The van der Waals surface area contributed by atoms with Crippen LogP contribution in [0.15, 0.2) is 54.9 Å². The lowest BCUT2D eigenvalue weighted by molar-refractivity contribution is -0.131. The number of para-hydroxylation sites is 1. The number of nitrogens with one attached hydrogen (secondary N) is 1. The van der Waals surface area contributed by atoms with E-state index in [2.05, 4.69) is 15.3 Å². The molecule has 0 radical (unpaired) electrons. The molecular formula is C32H35FN6O3. The van der Waals surface area contributed by atoms with Crippen LogP contribution in [0.1, 0.15) is 54.6 Å². The minimum atomic E-state index is -0.429. The Morgan fingerprint density at radius 3 is 2.57 bits per heavy atom. The van der Waals surface area contributed by atoms with Gasteiger partial charge in [0.15, 0.2) is 5.82 Å². The topological polar surface area (TPSA) is 96.3 Å². The van der Waals surface area contributed by atoms with E-state index in [1.165, 1.54) is 0 Å². The van der Waals surface area contributed by atoms with Crippen LogP contribution < -0.4 is 4.74 Å². The van der Waals surface area contributed by atoms with Crippen molar-refractivity contribution in [3.05, 3.63) is 71.9 Å². The molecular weight excluding hydrogens is 535 g/mol. The first-order chi connectivity index (χ1) is 20.5. The maximum Gasteiger partial charge on any atom is 0.270 e. The van der Waals surface area contributed by atoms with Crippen molar-refractivity contribution < 1.29 is 18.7 Å². The molecule has 2 aromatic heterocycles. The molecule has 2 aliphatic heterocycles. The number of halogens is 1. The number of aromatic nitrogens is 4. The van der Waals surface area contributed by atoms with Crippen LogP contribution in [0.5, 0.6) is 5.75 Å². The van der Waals surface area contributed by atoms with Crippen molar-refractivity contribution >= 4 is 28.3 Å². The molecule has 2 aliphatic rings. The number of hydrogen-bond donors (Lipinski definition) is 1. The quantitative estimate of drug-likeness (QED) is 0.326. The third-order valence-electron chi connectivity index (χ3n) is 8.25. The molecule has 1 saturated heterocycles. The molecule has 1 N–H and O–H groups in total. The van der Waals surface area contributed by atoms with Gasteiger partial charge in [-0.25, -0.2) is 4.39 Å². The van der Waals surface area contributed by atoms with Gasteiger partial charge in [-0.05, 0) is 48.6 Å². The molecule has 0 unspecified atom stereocenters. The van der Waals surface area contributed by atoms with Crippen molar-refractivity contribution in [1.29, 1.82) is 0 Å². The van der Waals surface area contributed by atoms with Crippen LogP contribution in [0, 0.1) is 5.82 Å². The van der Waals surface area contributed by atoms with Gasteiger partial charge in [-0.2, -0.15) is 0 Å². The Kier molecular flexibility index (Phi) is 8.03. The Morgan fingerprint density at radius 2 is 1.81 bits per heavy atom. The number of carbonyl (C=O) groups excluding carboxylic acids is 2. The first-order valence-electron chi connectivity index (χ1n) is 14.6. The van der Waals surface area contributed by atoms with E-state index in [1.54, 1.807) is 35.2 Å². The van der Waals surface area contributed by atoms with E-state index in [0.717, 1.165) is 42.4 Å². The number of aromatic amines is 1. The van der Waals surface area contributed by atoms with Crippen LogP contribution >= 0.6 is 0 Å². The number of ether oxygens (including phenoxy) is 1. The third-order valence-corrected chi connectivity index (χ3v) is 8.25. The molecule has 1 fully saturated rings. The van der Waals surface area contributed by atoms with Crippen LogP contribution in [0.3, 0.4) is 0 Å². The molecule has 4 aromatic rings. The first-order valence-corrected chi connectivity index (χ1v) is 14.6. The van der Waals surface area contributed by atoms with Crippen LogP contribution in [0.4, 0.5) is 4.39 Å². The van der Waals surface area contributed by atoms with E-state index in [4.69, 9.17) is 4.74 Å². The summed E-state index contributed by atoms with van der Waals surface area (Å²) < 4.78 is 23.7. The fourth-order valence-corrected chi connectivity index (χ4v) is 6.02. The monoisotopic (exact) mass is 570 g/mol. The lowest BCUT2D eigenvalue weighted by Crippen LogP contribution is -2.36. The standard InChI is InChI=1S/C32H35FN6O3/c1-42-28-11-5-4-10-23(28)25-19-24(22-9-8-16-38(21-22)29(40)12-17-39-18-13-34-36-39)30(33)31-26(25)20-27(35-31)32(41)37-14-6-2-3-7-15-37/h4-5,9-11,13,18-20,35H,2-3,6-8,12,14-17,21H2,1H3. The number of H-pyrrole nitrogens is 1. The average Bonchev–Trinajstić information content (AvgIpc) is 3.64. The van der Waals surface area contributed by atoms with E-state index in [0.29, 0.717) is 61.5 Å². The number of hydrogen-bond acceptors (Lipinski definition) is 5. The highest BCUT2D eigenvalue weighted by molar-refractivity contribution is 6.05. The molecule has 42 heavy (non-hydrogen) atoms. The highest BCUT2D eigenvalue weighted by Crippen LogP contribution is 2.40. The number of likely N-dealkylation sites (tertiary alicyclic amines) is 1. The minimum Gasteiger partial charge on any atom is -0.496 e. The van der Waals surface area contributed by atoms with Crippen molar-refractivity contribution in [3.63, 3.8) is 0 Å². The van der Waals surface area contributed by atoms with E-state index in [-0.39, 0.29) is 23.8 Å². The second kappa shape index (κ2) is 12.2. The van der Waals surface area contributed by atoms with Crippen molar-refractivity contribution in [2.45, 2.75) is 45.1 Å². The Hall–Kier alpha value is -4.47. The van der Waals surface area contributed by atoms with Gasteiger partial charge in [-0.3, -0.25) is 14.3 Å². The molecule has 0 spiro atoms. The van der Waals surface area contributed by atoms with Crippen LogP contribution in [-0.2, 0) is 11.3 Å². The molecule has 218 valence electrons. The van der Waals surface area contributed by atoms with Gasteiger partial charge in [0.1, 0.15) is 11.4 Å². The number of rotatable bonds is 7. The van der Waals surface area contributed by atoms with E-state index in [9.17, 15) is 9.59 Å². The van der Waals surface area contributed by atoms with Crippen molar-refractivity contribution in [2.24, 2.45) is 0 Å². The number of nitrogens with zero attached hydrogens (tertiary/aromatic N) is 5. The van der Waals surface area contributed by atoms with Crippen LogP contribution in [-0.4, -0.2) is 74.9 Å². The Morgan fingerprint density at radius 1 is 1.00 bits per heavy atom. The summed E-state index contributed by atoms with van der Waals surface area (Å²) in [7, 11) is 1.61. The highest BCUT2D eigenvalue weighted by Gasteiger charge is 2.26. The molecule has 0 atom stereocenters. The van der Waals surface area contributed by atoms with Gasteiger partial charge < -0.3 is 19.5 Å². The summed E-state index contributed by atoms with van der Waals surface area (Å²) in [4.78, 5) is 33.4. The number of methoxy groups -OCH3 is 1. The number of carbonyl (C=O) groups is 2. The molecule has 0 saturated carbocycles. The summed E-state index contributed by atoms with van der Waals surface area (Å²) in [6.45, 7) is 2.71. The lowest BCUT2D eigenvalue weighted by atomic mass is 9.93. The van der Waals surface area contributed by atoms with Crippen molar-refractivity contribution in [3.8, 4) is 16.9 Å². The average molecular weight is 571 g/mol. The van der Waals surface area contributed by atoms with Gasteiger partial charge in [0.05, 0.1) is 25.4 Å². The molecule has 0 bridgehead atoms. The fraction of sp³-hybridized carbons (Fsp3) is 0.375. The second-order valence-corrected chi connectivity index (χ2v) is 10.9. The van der Waals surface area contributed by atoms with Crippen molar-refractivity contribution in [1.82, 2.24) is 29.8 Å². The molecule has 10 heteroatoms. The van der Waals surface area contributed by atoms with Gasteiger partial charge >= 0.3 is 0 Å². The summed E-state index contributed by atoms with van der Waals surface area (Å²) in [5.41, 5.74) is 3.37. The van der Waals surface area contributed by atoms with Gasteiger partial charge in [0.2, 0.25) is 5.91 Å². The van der Waals surface area contributed by atoms with E-state index >= 15 is 4.39 Å². The molecule has 2 aromatic carbocycles. The number of fused-ring (bicyclic) bond motifs is 1. The van der Waals surface area contributed by atoms with Gasteiger partial charge in [0, 0.05) is 55.3 Å². The predicted molar refractivity (Wildman–Crippen MR) is 158 cm³/mol. The zero-order valence-corrected chi connectivity index (χ0v) is 23.8. The largest absolute Gasteiger partial charge is 0.496 e. The van der Waals surface area contributed by atoms with Gasteiger partial charge in [-0.15, -0.1) is 5.10 Å². The zero-order chi connectivity index (χ0) is 29.1. The van der Waals surface area contributed by atoms with Gasteiger partial charge in [-0.1, -0.05) is 42.3 Å². The molecule has 0 aliphatic carbocycles. The van der Waals surface area contributed by atoms with E-state index < -0.39 is 5.82 Å².